The second kappa shape index (κ2) is 6.53. The molecule has 2 aliphatic rings. The number of aromatic amines is 1. The van der Waals surface area contributed by atoms with Gasteiger partial charge >= 0.3 is 0 Å². The lowest BCUT2D eigenvalue weighted by Crippen LogP contribution is -2.38. The summed E-state index contributed by atoms with van der Waals surface area (Å²) in [6.07, 6.45) is 4.97. The summed E-state index contributed by atoms with van der Waals surface area (Å²) in [4.78, 5) is 28.1. The third-order valence-corrected chi connectivity index (χ3v) is 6.73. The molecule has 4 rings (SSSR count). The summed E-state index contributed by atoms with van der Waals surface area (Å²) >= 11 is 0. The molecule has 1 aromatic carbocycles. The van der Waals surface area contributed by atoms with Crippen molar-refractivity contribution in [1.82, 2.24) is 10.3 Å². The third kappa shape index (κ3) is 3.25. The van der Waals surface area contributed by atoms with Crippen LogP contribution in [0.2, 0.25) is 0 Å². The zero-order valence-corrected chi connectivity index (χ0v) is 15.7. The molecule has 0 bridgehead atoms. The topological polar surface area (TPSA) is 108 Å². The van der Waals surface area contributed by atoms with Crippen LogP contribution in [-0.4, -0.2) is 38.2 Å². The van der Waals surface area contributed by atoms with Gasteiger partial charge in [0, 0.05) is 17.8 Å². The number of rotatable bonds is 4. The summed E-state index contributed by atoms with van der Waals surface area (Å²) < 4.78 is 23.0. The first-order valence-corrected chi connectivity index (χ1v) is 10.7. The van der Waals surface area contributed by atoms with Gasteiger partial charge in [0.1, 0.15) is 5.56 Å². The van der Waals surface area contributed by atoms with Crippen molar-refractivity contribution in [3.8, 4) is 0 Å². The molecule has 0 radical (unpaired) electrons. The lowest BCUT2D eigenvalue weighted by Gasteiger charge is -2.26. The van der Waals surface area contributed by atoms with Gasteiger partial charge in [-0.1, -0.05) is 18.6 Å². The number of anilines is 1. The highest BCUT2D eigenvalue weighted by Crippen LogP contribution is 2.37. The Morgan fingerprint density at radius 2 is 2.04 bits per heavy atom. The molecule has 3 N–H and O–H groups in total. The number of hydrogen-bond acceptors (Lipinski definition) is 5. The zero-order valence-electron chi connectivity index (χ0n) is 14.9. The standard InChI is InChI=1S/C19H21N3O4S/c1-20-17-14-6-5-12(11-3-2-4-11)9-15(14)22-19(24)16(17)18(23)21-13-7-8-27(25,26)10-13/h5-9,11,13H,2-4,10H2,1H3,(H,21,23)(H2,20,22,24)/t13-/m1/s1. The van der Waals surface area contributed by atoms with E-state index in [2.05, 4.69) is 15.6 Å². The Balaban J connectivity index is 1.71. The highest BCUT2D eigenvalue weighted by Gasteiger charge is 2.27. The van der Waals surface area contributed by atoms with Crippen LogP contribution in [0.15, 0.2) is 34.5 Å². The first-order valence-electron chi connectivity index (χ1n) is 8.97. The smallest absolute Gasteiger partial charge is 0.263 e. The number of fused-ring (bicyclic) bond motifs is 1. The molecule has 1 aliphatic carbocycles. The van der Waals surface area contributed by atoms with E-state index in [9.17, 15) is 18.0 Å². The second-order valence-corrected chi connectivity index (χ2v) is 9.06. The van der Waals surface area contributed by atoms with E-state index in [0.717, 1.165) is 23.6 Å². The Labute approximate surface area is 156 Å². The predicted molar refractivity (Wildman–Crippen MR) is 105 cm³/mol. The van der Waals surface area contributed by atoms with E-state index in [-0.39, 0.29) is 11.3 Å². The van der Waals surface area contributed by atoms with Crippen molar-refractivity contribution in [2.45, 2.75) is 31.2 Å². The number of aromatic nitrogens is 1. The minimum atomic E-state index is -3.29. The molecule has 2 aromatic rings. The van der Waals surface area contributed by atoms with Crippen molar-refractivity contribution in [2.75, 3.05) is 18.1 Å². The molecular weight excluding hydrogens is 366 g/mol. The average molecular weight is 387 g/mol. The highest BCUT2D eigenvalue weighted by atomic mass is 32.2. The molecule has 0 saturated heterocycles. The number of pyridine rings is 1. The number of H-pyrrole nitrogens is 1. The molecule has 1 amide bonds. The SMILES string of the molecule is CNc1c(C(=O)N[C@@H]2C=CS(=O)(=O)C2)c(=O)[nH]c2cc(C3CCC3)ccc12. The van der Waals surface area contributed by atoms with E-state index in [4.69, 9.17) is 0 Å². The van der Waals surface area contributed by atoms with Crippen molar-refractivity contribution in [3.63, 3.8) is 0 Å². The number of hydrogen-bond donors (Lipinski definition) is 3. The molecule has 1 aliphatic heterocycles. The number of carbonyl (C=O) groups is 1. The largest absolute Gasteiger partial charge is 0.387 e. The number of nitrogens with one attached hydrogen (secondary N) is 3. The summed E-state index contributed by atoms with van der Waals surface area (Å²) in [7, 11) is -1.63. The van der Waals surface area contributed by atoms with Crippen LogP contribution in [0.3, 0.4) is 0 Å². The van der Waals surface area contributed by atoms with Gasteiger partial charge in [0.25, 0.3) is 11.5 Å². The molecule has 8 heteroatoms. The molecular formula is C19H21N3O4S. The minimum absolute atomic E-state index is 0.0425. The van der Waals surface area contributed by atoms with Crippen molar-refractivity contribution in [2.24, 2.45) is 0 Å². The fourth-order valence-electron chi connectivity index (χ4n) is 3.69. The Bertz CT molecular complexity index is 1110. The van der Waals surface area contributed by atoms with Gasteiger partial charge in [0.15, 0.2) is 9.84 Å². The average Bonchev–Trinajstić information content (AvgIpc) is 2.90. The maximum Gasteiger partial charge on any atom is 0.263 e. The molecule has 27 heavy (non-hydrogen) atoms. The fraction of sp³-hybridized carbons (Fsp3) is 0.368. The van der Waals surface area contributed by atoms with E-state index in [1.54, 1.807) is 7.05 Å². The Hall–Kier alpha value is -2.61. The maximum absolute atomic E-state index is 12.7. The number of carbonyl (C=O) groups excluding carboxylic acids is 1. The second-order valence-electron chi connectivity index (χ2n) is 7.12. The summed E-state index contributed by atoms with van der Waals surface area (Å²) in [5.74, 6) is -0.253. The lowest BCUT2D eigenvalue weighted by molar-refractivity contribution is 0.0947. The Morgan fingerprint density at radius 3 is 2.63 bits per heavy atom. The van der Waals surface area contributed by atoms with E-state index in [1.807, 2.05) is 18.2 Å². The van der Waals surface area contributed by atoms with Crippen LogP contribution in [0, 0.1) is 0 Å². The quantitative estimate of drug-likeness (QED) is 0.742. The van der Waals surface area contributed by atoms with Crippen molar-refractivity contribution < 1.29 is 13.2 Å². The van der Waals surface area contributed by atoms with Gasteiger partial charge in [-0.05, 0) is 36.5 Å². The predicted octanol–water partition coefficient (Wildman–Crippen LogP) is 1.88. The zero-order chi connectivity index (χ0) is 19.2. The first kappa shape index (κ1) is 17.8. The fourth-order valence-corrected chi connectivity index (χ4v) is 4.93. The van der Waals surface area contributed by atoms with Gasteiger partial charge in [-0.25, -0.2) is 8.42 Å². The molecule has 1 fully saturated rings. The van der Waals surface area contributed by atoms with Gasteiger partial charge in [0.2, 0.25) is 0 Å². The van der Waals surface area contributed by atoms with Crippen LogP contribution in [0.25, 0.3) is 10.9 Å². The third-order valence-electron chi connectivity index (χ3n) is 5.34. The van der Waals surface area contributed by atoms with Gasteiger partial charge in [0.05, 0.1) is 23.0 Å². The summed E-state index contributed by atoms with van der Waals surface area (Å²) in [6, 6.07) is 5.30. The summed E-state index contributed by atoms with van der Waals surface area (Å²) in [6.45, 7) is 0. The van der Waals surface area contributed by atoms with Gasteiger partial charge in [-0.15, -0.1) is 0 Å². The molecule has 1 aromatic heterocycles. The molecule has 1 atom stereocenters. The summed E-state index contributed by atoms with van der Waals surface area (Å²) in [5.41, 5.74) is 1.79. The normalized spacial score (nSPS) is 21.1. The van der Waals surface area contributed by atoms with E-state index < -0.39 is 27.3 Å². The van der Waals surface area contributed by atoms with Crippen LogP contribution >= 0.6 is 0 Å². The molecule has 2 heterocycles. The van der Waals surface area contributed by atoms with Crippen molar-refractivity contribution >= 4 is 32.3 Å². The Kier molecular flexibility index (Phi) is 4.30. The molecule has 0 unspecified atom stereocenters. The van der Waals surface area contributed by atoms with Gasteiger partial charge < -0.3 is 15.6 Å². The van der Waals surface area contributed by atoms with E-state index in [1.165, 1.54) is 18.1 Å². The Morgan fingerprint density at radius 1 is 1.26 bits per heavy atom. The maximum atomic E-state index is 12.7. The van der Waals surface area contributed by atoms with Crippen molar-refractivity contribution in [1.29, 1.82) is 0 Å². The van der Waals surface area contributed by atoms with Crippen LogP contribution in [0.5, 0.6) is 0 Å². The van der Waals surface area contributed by atoms with Gasteiger partial charge in [-0.2, -0.15) is 0 Å². The molecule has 1 saturated carbocycles. The van der Waals surface area contributed by atoms with Crippen LogP contribution < -0.4 is 16.2 Å². The monoisotopic (exact) mass is 387 g/mol. The van der Waals surface area contributed by atoms with Gasteiger partial charge in [-0.3, -0.25) is 9.59 Å². The molecule has 142 valence electrons. The summed E-state index contributed by atoms with van der Waals surface area (Å²) in [5, 5.41) is 7.41. The van der Waals surface area contributed by atoms with E-state index in [0.29, 0.717) is 17.1 Å². The highest BCUT2D eigenvalue weighted by molar-refractivity contribution is 7.94. The van der Waals surface area contributed by atoms with Crippen LogP contribution in [0.4, 0.5) is 5.69 Å². The lowest BCUT2D eigenvalue weighted by atomic mass is 9.80. The van der Waals surface area contributed by atoms with Crippen LogP contribution in [-0.2, 0) is 9.84 Å². The van der Waals surface area contributed by atoms with Crippen LogP contribution in [0.1, 0.15) is 41.1 Å². The van der Waals surface area contributed by atoms with Crippen molar-refractivity contribution in [3.05, 3.63) is 51.2 Å². The molecule has 0 spiro atoms. The first-order chi connectivity index (χ1) is 12.9. The number of amides is 1. The minimum Gasteiger partial charge on any atom is -0.387 e. The molecule has 7 nitrogen and oxygen atoms in total. The number of benzene rings is 1. The van der Waals surface area contributed by atoms with E-state index >= 15 is 0 Å². The number of sulfone groups is 1.